The van der Waals surface area contributed by atoms with Crippen molar-refractivity contribution < 1.29 is 16.1 Å². The molecule has 1 rings (SSSR count). The minimum atomic E-state index is 0. The summed E-state index contributed by atoms with van der Waals surface area (Å²) in [6.07, 6.45) is 0. The van der Waals surface area contributed by atoms with Gasteiger partial charge in [-0.25, -0.2) is 0 Å². The van der Waals surface area contributed by atoms with Crippen molar-refractivity contribution >= 4 is 13.3 Å². The zero-order chi connectivity index (χ0) is 5.98. The zero-order valence-electron chi connectivity index (χ0n) is 5.23. The van der Waals surface area contributed by atoms with Crippen LogP contribution >= 0.6 is 0 Å². The first-order chi connectivity index (χ1) is 3.80. The van der Waals surface area contributed by atoms with Gasteiger partial charge >= 0.3 is 48.4 Å². The van der Waals surface area contributed by atoms with Gasteiger partial charge < -0.3 is 11.0 Å². The molecule has 0 aliphatic rings. The standard InChI is InChI=1S/C6H5BO.2H2O/c7-5-3-1-2-4-6(5)8;;/h1-4,8H;2*1H2/q+2;;/p-2. The van der Waals surface area contributed by atoms with Gasteiger partial charge in [0.15, 0.2) is 0 Å². The number of hydrogen-bond acceptors (Lipinski definition) is 3. The number of hydrogen-bond donors (Lipinski definition) is 1. The van der Waals surface area contributed by atoms with Crippen molar-refractivity contribution in [2.24, 2.45) is 0 Å². The molecule has 0 amide bonds. The summed E-state index contributed by atoms with van der Waals surface area (Å²) in [5.74, 6) is 0.146. The second-order valence-electron chi connectivity index (χ2n) is 1.56. The van der Waals surface area contributed by atoms with Crippen molar-refractivity contribution in [3.8, 4) is 5.75 Å². The molecule has 0 atom stereocenters. The summed E-state index contributed by atoms with van der Waals surface area (Å²) in [6, 6.07) is 6.70. The van der Waals surface area contributed by atoms with Crippen LogP contribution in [-0.4, -0.2) is 23.9 Å². The average Bonchev–Trinajstić information content (AvgIpc) is 1.77. The first kappa shape index (κ1) is 11.8. The molecule has 0 fully saturated rings. The smallest absolute Gasteiger partial charge is 0.870 e. The SMILES string of the molecule is [B+2]c1ccccc1O.[OH-].[OH-]. The predicted octanol–water partition coefficient (Wildman–Crippen LogP) is -0.168. The summed E-state index contributed by atoms with van der Waals surface area (Å²) in [6.45, 7) is 0. The van der Waals surface area contributed by atoms with E-state index in [1.165, 1.54) is 0 Å². The van der Waals surface area contributed by atoms with Crippen LogP contribution in [0.5, 0.6) is 5.75 Å². The molecule has 0 radical (unpaired) electrons. The van der Waals surface area contributed by atoms with Crippen molar-refractivity contribution in [2.45, 2.75) is 0 Å². The third kappa shape index (κ3) is 2.52. The van der Waals surface area contributed by atoms with Gasteiger partial charge in [-0.15, -0.1) is 0 Å². The maximum atomic E-state index is 8.79. The van der Waals surface area contributed by atoms with Gasteiger partial charge in [-0.3, -0.25) is 0 Å². The molecule has 0 unspecified atom stereocenters. The van der Waals surface area contributed by atoms with E-state index in [-0.39, 0.29) is 16.7 Å². The Bertz CT molecular complexity index is 169. The number of rotatable bonds is 0. The Hall–Kier alpha value is -0.995. The molecule has 0 aliphatic heterocycles. The number of benzene rings is 1. The molecule has 0 heterocycles. The Morgan fingerprint density at radius 1 is 1.10 bits per heavy atom. The molecule has 0 saturated carbocycles. The average molecular weight is 138 g/mol. The third-order valence-corrected chi connectivity index (χ3v) is 0.937. The topological polar surface area (TPSA) is 80.2 Å². The normalized spacial score (nSPS) is 7.40. The Morgan fingerprint density at radius 2 is 1.60 bits per heavy atom. The number of aromatic hydroxyl groups is 1. The van der Waals surface area contributed by atoms with Gasteiger partial charge in [0.25, 0.3) is 0 Å². The van der Waals surface area contributed by atoms with E-state index in [4.69, 9.17) is 13.0 Å². The fraction of sp³-hybridized carbons (Fsp3) is 0. The van der Waals surface area contributed by atoms with E-state index in [1.54, 1.807) is 24.3 Å². The summed E-state index contributed by atoms with van der Waals surface area (Å²) < 4.78 is 0. The summed E-state index contributed by atoms with van der Waals surface area (Å²) in [5.41, 5.74) is 0.424. The quantitative estimate of drug-likeness (QED) is 0.505. The van der Waals surface area contributed by atoms with Crippen LogP contribution in [-0.2, 0) is 0 Å². The first-order valence-electron chi connectivity index (χ1n) is 2.34. The fourth-order valence-electron chi connectivity index (χ4n) is 0.488. The number of phenolic OH excluding ortho intramolecular Hbond substituents is 1. The van der Waals surface area contributed by atoms with Crippen LogP contribution in [0.3, 0.4) is 0 Å². The number of phenols is 1. The number of para-hydroxylation sites is 1. The molecule has 3 N–H and O–H groups in total. The van der Waals surface area contributed by atoms with Gasteiger partial charge in [-0.2, -0.15) is 0 Å². The van der Waals surface area contributed by atoms with Crippen LogP contribution in [0, 0.1) is 0 Å². The van der Waals surface area contributed by atoms with Crippen molar-refractivity contribution in [1.29, 1.82) is 0 Å². The Labute approximate surface area is 60.3 Å². The second kappa shape index (κ2) is 4.84. The summed E-state index contributed by atoms with van der Waals surface area (Å²) in [7, 11) is 5.27. The maximum absolute atomic E-state index is 8.79. The van der Waals surface area contributed by atoms with Crippen LogP contribution < -0.4 is 5.46 Å². The Balaban J connectivity index is 0. The van der Waals surface area contributed by atoms with Gasteiger partial charge in [0.05, 0.1) is 0 Å². The molecule has 10 heavy (non-hydrogen) atoms. The van der Waals surface area contributed by atoms with Crippen LogP contribution in [0.4, 0.5) is 0 Å². The minimum absolute atomic E-state index is 0. The van der Waals surface area contributed by atoms with Crippen LogP contribution in [0.25, 0.3) is 0 Å². The van der Waals surface area contributed by atoms with E-state index in [0.717, 1.165) is 0 Å². The van der Waals surface area contributed by atoms with E-state index in [2.05, 4.69) is 0 Å². The van der Waals surface area contributed by atoms with E-state index in [9.17, 15) is 0 Å². The summed E-state index contributed by atoms with van der Waals surface area (Å²) >= 11 is 0. The van der Waals surface area contributed by atoms with E-state index in [0.29, 0.717) is 5.46 Å². The maximum Gasteiger partial charge on any atom is -0.870 e. The van der Waals surface area contributed by atoms with E-state index >= 15 is 0 Å². The zero-order valence-corrected chi connectivity index (χ0v) is 5.23. The van der Waals surface area contributed by atoms with Gasteiger partial charge in [-0.05, 0) is 0 Å². The molecule has 0 aliphatic carbocycles. The molecular weight excluding hydrogens is 131 g/mol. The van der Waals surface area contributed by atoms with E-state index in [1.807, 2.05) is 0 Å². The van der Waals surface area contributed by atoms with Gasteiger partial charge in [0, 0.05) is 0 Å². The van der Waals surface area contributed by atoms with E-state index < -0.39 is 0 Å². The van der Waals surface area contributed by atoms with Crippen molar-refractivity contribution in [1.82, 2.24) is 0 Å². The monoisotopic (exact) mass is 138 g/mol. The molecule has 4 heteroatoms. The molecule has 52 valence electrons. The van der Waals surface area contributed by atoms with Crippen LogP contribution in [0.15, 0.2) is 24.3 Å². The molecule has 0 spiro atoms. The first-order valence-corrected chi connectivity index (χ1v) is 2.34. The van der Waals surface area contributed by atoms with Gasteiger partial charge in [0.2, 0.25) is 0 Å². The molecule has 0 bridgehead atoms. The fourth-order valence-corrected chi connectivity index (χ4v) is 0.488. The third-order valence-electron chi connectivity index (χ3n) is 0.937. The molecule has 0 saturated heterocycles. The van der Waals surface area contributed by atoms with Crippen molar-refractivity contribution in [3.63, 3.8) is 0 Å². The largest absolute Gasteiger partial charge is 0.870 e. The van der Waals surface area contributed by atoms with Crippen LogP contribution in [0.1, 0.15) is 0 Å². The second-order valence-corrected chi connectivity index (χ2v) is 1.56. The molecular formula is C6H7BO3. The Morgan fingerprint density at radius 3 is 1.90 bits per heavy atom. The minimum Gasteiger partial charge on any atom is -0.870 e. The summed E-state index contributed by atoms with van der Waals surface area (Å²) in [4.78, 5) is 0. The Kier molecular flexibility index (Phi) is 5.70. The molecule has 1 aromatic carbocycles. The molecule has 0 aromatic heterocycles. The molecule has 3 nitrogen and oxygen atoms in total. The van der Waals surface area contributed by atoms with Crippen LogP contribution in [0.2, 0.25) is 0 Å². The molecule has 1 aromatic rings. The van der Waals surface area contributed by atoms with Gasteiger partial charge in [0.1, 0.15) is 0 Å². The van der Waals surface area contributed by atoms with Crippen molar-refractivity contribution in [3.05, 3.63) is 24.3 Å². The summed E-state index contributed by atoms with van der Waals surface area (Å²) in [5, 5.41) is 8.79. The predicted molar refractivity (Wildman–Crippen MR) is 37.4 cm³/mol. The van der Waals surface area contributed by atoms with Gasteiger partial charge in [-0.1, -0.05) is 0 Å². The van der Waals surface area contributed by atoms with Crippen molar-refractivity contribution in [2.75, 3.05) is 0 Å².